The lowest BCUT2D eigenvalue weighted by molar-refractivity contribution is 0.208. The van der Waals surface area contributed by atoms with Crippen LogP contribution < -0.4 is 4.90 Å². The first-order valence-corrected chi connectivity index (χ1v) is 6.27. The fraction of sp³-hybridized carbons (Fsp3) is 0.615. The van der Waals surface area contributed by atoms with Gasteiger partial charge in [-0.05, 0) is 38.2 Å². The third-order valence-electron chi connectivity index (χ3n) is 3.62. The second-order valence-electron chi connectivity index (χ2n) is 4.86. The van der Waals surface area contributed by atoms with Crippen molar-refractivity contribution in [3.8, 4) is 6.07 Å². The van der Waals surface area contributed by atoms with E-state index in [9.17, 15) is 10.4 Å². The Hall–Kier alpha value is -1.67. The molecular weight excluding hydrogens is 228 g/mol. The molecule has 18 heavy (non-hydrogen) atoms. The molecule has 1 fully saturated rings. The standard InChI is InChI=1S/C13H18N4O/c1-9-10(2)15-16-13(12(9)6-14)17-5-3-4-11(7-17)8-18/h11,18H,3-5,7-8H2,1-2H3/t11-/m0/s1. The third-order valence-corrected chi connectivity index (χ3v) is 3.62. The molecule has 1 saturated heterocycles. The highest BCUT2D eigenvalue weighted by molar-refractivity contribution is 5.57. The molecule has 0 aliphatic carbocycles. The van der Waals surface area contributed by atoms with Gasteiger partial charge in [0.05, 0.1) is 5.69 Å². The summed E-state index contributed by atoms with van der Waals surface area (Å²) in [5, 5.41) is 26.8. The summed E-state index contributed by atoms with van der Waals surface area (Å²) in [6, 6.07) is 2.23. The van der Waals surface area contributed by atoms with Crippen LogP contribution in [0.1, 0.15) is 29.7 Å². The number of piperidine rings is 1. The molecule has 1 atom stereocenters. The Kier molecular flexibility index (Phi) is 3.78. The summed E-state index contributed by atoms with van der Waals surface area (Å²) in [4.78, 5) is 2.07. The van der Waals surface area contributed by atoms with E-state index in [0.717, 1.165) is 37.2 Å². The molecule has 1 aromatic heterocycles. The molecule has 0 bridgehead atoms. The molecule has 1 N–H and O–H groups in total. The summed E-state index contributed by atoms with van der Waals surface area (Å²) < 4.78 is 0. The average Bonchev–Trinajstić information content (AvgIpc) is 2.41. The van der Waals surface area contributed by atoms with E-state index in [-0.39, 0.29) is 12.5 Å². The van der Waals surface area contributed by atoms with Crippen LogP contribution in [0.3, 0.4) is 0 Å². The maximum atomic E-state index is 9.28. The van der Waals surface area contributed by atoms with E-state index in [2.05, 4.69) is 21.2 Å². The van der Waals surface area contributed by atoms with Crippen molar-refractivity contribution in [2.45, 2.75) is 26.7 Å². The molecule has 2 rings (SSSR count). The predicted octanol–water partition coefficient (Wildman–Crippen LogP) is 1.17. The fourth-order valence-electron chi connectivity index (χ4n) is 2.36. The van der Waals surface area contributed by atoms with E-state index in [4.69, 9.17) is 0 Å². The lowest BCUT2D eigenvalue weighted by atomic mass is 9.98. The number of nitrogens with zero attached hydrogens (tertiary/aromatic N) is 4. The number of aliphatic hydroxyl groups excluding tert-OH is 1. The predicted molar refractivity (Wildman–Crippen MR) is 68.2 cm³/mol. The highest BCUT2D eigenvalue weighted by Gasteiger charge is 2.23. The number of nitriles is 1. The van der Waals surface area contributed by atoms with Gasteiger partial charge in [-0.2, -0.15) is 10.4 Å². The summed E-state index contributed by atoms with van der Waals surface area (Å²) in [6.45, 7) is 5.58. The van der Waals surface area contributed by atoms with Crippen molar-refractivity contribution in [2.75, 3.05) is 24.6 Å². The number of aliphatic hydroxyl groups is 1. The van der Waals surface area contributed by atoms with Crippen molar-refractivity contribution in [1.82, 2.24) is 10.2 Å². The molecule has 0 unspecified atom stereocenters. The Morgan fingerprint density at radius 1 is 1.44 bits per heavy atom. The maximum absolute atomic E-state index is 9.28. The molecule has 96 valence electrons. The van der Waals surface area contributed by atoms with Crippen LogP contribution in [-0.2, 0) is 0 Å². The molecule has 0 saturated carbocycles. The van der Waals surface area contributed by atoms with Gasteiger partial charge < -0.3 is 10.0 Å². The Bertz CT molecular complexity index is 481. The van der Waals surface area contributed by atoms with Crippen LogP contribution in [0.25, 0.3) is 0 Å². The first-order valence-electron chi connectivity index (χ1n) is 6.27. The highest BCUT2D eigenvalue weighted by Crippen LogP contribution is 2.26. The van der Waals surface area contributed by atoms with Crippen molar-refractivity contribution in [3.05, 3.63) is 16.8 Å². The number of hydrogen-bond donors (Lipinski definition) is 1. The molecule has 0 spiro atoms. The molecule has 0 amide bonds. The van der Waals surface area contributed by atoms with E-state index in [0.29, 0.717) is 11.4 Å². The largest absolute Gasteiger partial charge is 0.396 e. The van der Waals surface area contributed by atoms with Crippen molar-refractivity contribution < 1.29 is 5.11 Å². The number of anilines is 1. The summed E-state index contributed by atoms with van der Waals surface area (Å²) >= 11 is 0. The Morgan fingerprint density at radius 2 is 2.22 bits per heavy atom. The van der Waals surface area contributed by atoms with Gasteiger partial charge in [0.15, 0.2) is 5.82 Å². The van der Waals surface area contributed by atoms with Crippen LogP contribution in [0.4, 0.5) is 5.82 Å². The first kappa shape index (κ1) is 12.8. The molecule has 2 heterocycles. The highest BCUT2D eigenvalue weighted by atomic mass is 16.3. The minimum Gasteiger partial charge on any atom is -0.396 e. The minimum absolute atomic E-state index is 0.191. The number of hydrogen-bond acceptors (Lipinski definition) is 5. The third kappa shape index (κ3) is 2.29. The van der Waals surface area contributed by atoms with Crippen LogP contribution in [0.5, 0.6) is 0 Å². The Labute approximate surface area is 107 Å². The van der Waals surface area contributed by atoms with Gasteiger partial charge >= 0.3 is 0 Å². The van der Waals surface area contributed by atoms with Crippen molar-refractivity contribution in [1.29, 1.82) is 5.26 Å². The topological polar surface area (TPSA) is 73.0 Å². The van der Waals surface area contributed by atoms with E-state index in [1.807, 2.05) is 13.8 Å². The minimum atomic E-state index is 0.191. The maximum Gasteiger partial charge on any atom is 0.169 e. The van der Waals surface area contributed by atoms with Crippen LogP contribution >= 0.6 is 0 Å². The lowest BCUT2D eigenvalue weighted by Gasteiger charge is -2.33. The van der Waals surface area contributed by atoms with E-state index in [1.165, 1.54) is 0 Å². The van der Waals surface area contributed by atoms with Crippen LogP contribution in [0.2, 0.25) is 0 Å². The van der Waals surface area contributed by atoms with E-state index >= 15 is 0 Å². The quantitative estimate of drug-likeness (QED) is 0.848. The lowest BCUT2D eigenvalue weighted by Crippen LogP contribution is -2.38. The SMILES string of the molecule is Cc1nnc(N2CCC[C@H](CO)C2)c(C#N)c1C. The summed E-state index contributed by atoms with van der Waals surface area (Å²) in [7, 11) is 0. The van der Waals surface area contributed by atoms with Gasteiger partial charge in [-0.15, -0.1) is 5.10 Å². The van der Waals surface area contributed by atoms with Gasteiger partial charge in [-0.1, -0.05) is 0 Å². The van der Waals surface area contributed by atoms with Crippen LogP contribution in [0, 0.1) is 31.1 Å². The zero-order valence-corrected chi connectivity index (χ0v) is 10.8. The number of aromatic nitrogens is 2. The van der Waals surface area contributed by atoms with Gasteiger partial charge in [0.25, 0.3) is 0 Å². The first-order chi connectivity index (χ1) is 8.67. The van der Waals surface area contributed by atoms with Gasteiger partial charge in [0.2, 0.25) is 0 Å². The molecule has 1 aromatic rings. The smallest absolute Gasteiger partial charge is 0.169 e. The van der Waals surface area contributed by atoms with E-state index in [1.54, 1.807) is 0 Å². The summed E-state index contributed by atoms with van der Waals surface area (Å²) in [5.41, 5.74) is 2.31. The number of rotatable bonds is 2. The molecular formula is C13H18N4O. The average molecular weight is 246 g/mol. The fourth-order valence-corrected chi connectivity index (χ4v) is 2.36. The van der Waals surface area contributed by atoms with Crippen LogP contribution in [-0.4, -0.2) is 35.0 Å². The molecule has 1 aliphatic rings. The Morgan fingerprint density at radius 3 is 2.89 bits per heavy atom. The van der Waals surface area contributed by atoms with Gasteiger partial charge in [0, 0.05) is 19.7 Å². The van der Waals surface area contributed by atoms with Gasteiger partial charge in [-0.3, -0.25) is 0 Å². The number of aryl methyl sites for hydroxylation is 1. The van der Waals surface area contributed by atoms with Crippen molar-refractivity contribution in [2.24, 2.45) is 5.92 Å². The zero-order chi connectivity index (χ0) is 13.1. The van der Waals surface area contributed by atoms with Crippen molar-refractivity contribution >= 4 is 5.82 Å². The normalized spacial score (nSPS) is 19.7. The molecule has 1 aliphatic heterocycles. The van der Waals surface area contributed by atoms with Crippen molar-refractivity contribution in [3.63, 3.8) is 0 Å². The second-order valence-corrected chi connectivity index (χ2v) is 4.86. The molecule has 5 nitrogen and oxygen atoms in total. The van der Waals surface area contributed by atoms with Crippen LogP contribution in [0.15, 0.2) is 0 Å². The summed E-state index contributed by atoms with van der Waals surface area (Å²) in [5.74, 6) is 0.937. The monoisotopic (exact) mass is 246 g/mol. The summed E-state index contributed by atoms with van der Waals surface area (Å²) in [6.07, 6.45) is 2.05. The zero-order valence-electron chi connectivity index (χ0n) is 10.8. The second kappa shape index (κ2) is 5.32. The van der Waals surface area contributed by atoms with Gasteiger partial charge in [-0.25, -0.2) is 0 Å². The molecule has 0 aromatic carbocycles. The Balaban J connectivity index is 2.33. The molecule has 5 heteroatoms. The molecule has 0 radical (unpaired) electrons. The van der Waals surface area contributed by atoms with Gasteiger partial charge in [0.1, 0.15) is 11.6 Å². The van der Waals surface area contributed by atoms with E-state index < -0.39 is 0 Å².